The van der Waals surface area contributed by atoms with Gasteiger partial charge < -0.3 is 4.90 Å². The van der Waals surface area contributed by atoms with Crippen LogP contribution in [0.2, 0.25) is 0 Å². The fourth-order valence-corrected chi connectivity index (χ4v) is 4.16. The average molecular weight is 330 g/mol. The summed E-state index contributed by atoms with van der Waals surface area (Å²) in [7, 11) is -3.41. The summed E-state index contributed by atoms with van der Waals surface area (Å²) >= 11 is 0. The summed E-state index contributed by atoms with van der Waals surface area (Å²) in [4.78, 5) is 2.29. The first-order valence-electron chi connectivity index (χ1n) is 7.93. The largest absolute Gasteiger partial charge is 0.371 e. The molecule has 1 fully saturated rings. The number of anilines is 2. The number of hydrogen-bond donors (Lipinski definition) is 1. The van der Waals surface area contributed by atoms with E-state index >= 15 is 0 Å². The number of benzene rings is 2. The van der Waals surface area contributed by atoms with E-state index in [9.17, 15) is 8.42 Å². The summed E-state index contributed by atoms with van der Waals surface area (Å²) in [5.41, 5.74) is 3.57. The molecule has 5 heteroatoms. The standard InChI is InChI=1S/C18H22N2O2S/c1-15-6-4-7-16(12-15)14-23(21,22)19-17-8-5-9-18(13-17)20-10-2-3-11-20/h4-9,12-13,19H,2-3,10-11,14H2,1H3. The molecule has 0 atom stereocenters. The zero-order valence-electron chi connectivity index (χ0n) is 13.3. The summed E-state index contributed by atoms with van der Waals surface area (Å²) in [6.07, 6.45) is 2.40. The second-order valence-corrected chi connectivity index (χ2v) is 7.82. The predicted molar refractivity (Wildman–Crippen MR) is 95.3 cm³/mol. The fourth-order valence-electron chi connectivity index (χ4n) is 2.98. The molecule has 0 bridgehead atoms. The van der Waals surface area contributed by atoms with Gasteiger partial charge in [0.15, 0.2) is 0 Å². The van der Waals surface area contributed by atoms with Gasteiger partial charge in [0.25, 0.3) is 0 Å². The lowest BCUT2D eigenvalue weighted by molar-refractivity contribution is 0.600. The van der Waals surface area contributed by atoms with Gasteiger partial charge in [-0.1, -0.05) is 35.9 Å². The van der Waals surface area contributed by atoms with Gasteiger partial charge in [0.05, 0.1) is 11.4 Å². The van der Waals surface area contributed by atoms with Crippen LogP contribution < -0.4 is 9.62 Å². The van der Waals surface area contributed by atoms with Gasteiger partial charge in [-0.15, -0.1) is 0 Å². The molecule has 0 unspecified atom stereocenters. The third-order valence-electron chi connectivity index (χ3n) is 4.03. The van der Waals surface area contributed by atoms with E-state index in [0.29, 0.717) is 5.69 Å². The minimum absolute atomic E-state index is 0.0113. The molecule has 1 aliphatic rings. The van der Waals surface area contributed by atoms with E-state index in [1.54, 1.807) is 6.07 Å². The Balaban J connectivity index is 1.73. The first-order chi connectivity index (χ1) is 11.0. The minimum Gasteiger partial charge on any atom is -0.371 e. The predicted octanol–water partition coefficient (Wildman–Crippen LogP) is 3.54. The summed E-state index contributed by atoms with van der Waals surface area (Å²) in [5.74, 6) is -0.0113. The quantitative estimate of drug-likeness (QED) is 0.912. The lowest BCUT2D eigenvalue weighted by Gasteiger charge is -2.18. The molecular weight excluding hydrogens is 308 g/mol. The van der Waals surface area contributed by atoms with E-state index in [2.05, 4.69) is 9.62 Å². The van der Waals surface area contributed by atoms with Gasteiger partial charge in [0.1, 0.15) is 0 Å². The maximum absolute atomic E-state index is 12.4. The molecule has 0 aromatic heterocycles. The molecule has 1 aliphatic heterocycles. The smallest absolute Gasteiger partial charge is 0.236 e. The van der Waals surface area contributed by atoms with Gasteiger partial charge in [0.2, 0.25) is 10.0 Å². The van der Waals surface area contributed by atoms with Crippen molar-refractivity contribution in [2.45, 2.75) is 25.5 Å². The van der Waals surface area contributed by atoms with Crippen molar-refractivity contribution >= 4 is 21.4 Å². The van der Waals surface area contributed by atoms with Gasteiger partial charge in [-0.25, -0.2) is 8.42 Å². The van der Waals surface area contributed by atoms with E-state index < -0.39 is 10.0 Å². The van der Waals surface area contributed by atoms with Crippen LogP contribution in [0.15, 0.2) is 48.5 Å². The van der Waals surface area contributed by atoms with Crippen LogP contribution in [-0.2, 0) is 15.8 Å². The van der Waals surface area contributed by atoms with Gasteiger partial charge >= 0.3 is 0 Å². The molecule has 0 spiro atoms. The van der Waals surface area contributed by atoms with Crippen LogP contribution in [0.5, 0.6) is 0 Å². The molecule has 0 saturated carbocycles. The van der Waals surface area contributed by atoms with Crippen molar-refractivity contribution in [3.05, 3.63) is 59.7 Å². The monoisotopic (exact) mass is 330 g/mol. The van der Waals surface area contributed by atoms with Crippen LogP contribution in [0.1, 0.15) is 24.0 Å². The topological polar surface area (TPSA) is 49.4 Å². The molecule has 4 nitrogen and oxygen atoms in total. The molecule has 1 heterocycles. The maximum atomic E-state index is 12.4. The second kappa shape index (κ2) is 6.62. The number of rotatable bonds is 5. The third kappa shape index (κ3) is 4.26. The first kappa shape index (κ1) is 15.9. The van der Waals surface area contributed by atoms with E-state index in [0.717, 1.165) is 29.9 Å². The van der Waals surface area contributed by atoms with Crippen LogP contribution in [0.4, 0.5) is 11.4 Å². The van der Waals surface area contributed by atoms with E-state index in [4.69, 9.17) is 0 Å². The summed E-state index contributed by atoms with van der Waals surface area (Å²) in [6.45, 7) is 4.04. The number of nitrogens with one attached hydrogen (secondary N) is 1. The van der Waals surface area contributed by atoms with Crippen LogP contribution in [0.3, 0.4) is 0 Å². The summed E-state index contributed by atoms with van der Waals surface area (Å²) < 4.78 is 27.5. The van der Waals surface area contributed by atoms with Gasteiger partial charge in [-0.2, -0.15) is 0 Å². The highest BCUT2D eigenvalue weighted by molar-refractivity contribution is 7.91. The van der Waals surface area contributed by atoms with Crippen LogP contribution in [0, 0.1) is 6.92 Å². The van der Waals surface area contributed by atoms with E-state index in [-0.39, 0.29) is 5.75 Å². The summed E-state index contributed by atoms with van der Waals surface area (Å²) in [5, 5.41) is 0. The zero-order valence-corrected chi connectivity index (χ0v) is 14.1. The molecule has 0 radical (unpaired) electrons. The third-order valence-corrected chi connectivity index (χ3v) is 5.29. The van der Waals surface area contributed by atoms with E-state index in [1.807, 2.05) is 49.4 Å². The highest BCUT2D eigenvalue weighted by Crippen LogP contribution is 2.24. The van der Waals surface area contributed by atoms with Crippen molar-refractivity contribution in [2.75, 3.05) is 22.7 Å². The van der Waals surface area contributed by atoms with Crippen molar-refractivity contribution in [1.82, 2.24) is 0 Å². The zero-order chi connectivity index (χ0) is 16.3. The molecule has 0 aliphatic carbocycles. The van der Waals surface area contributed by atoms with Gasteiger partial charge in [-0.05, 0) is 43.5 Å². The van der Waals surface area contributed by atoms with Crippen molar-refractivity contribution < 1.29 is 8.42 Å². The number of sulfonamides is 1. The number of nitrogens with zero attached hydrogens (tertiary/aromatic N) is 1. The number of aryl methyl sites for hydroxylation is 1. The number of hydrogen-bond acceptors (Lipinski definition) is 3. The minimum atomic E-state index is -3.41. The van der Waals surface area contributed by atoms with Gasteiger partial charge in [-0.3, -0.25) is 4.72 Å². The Kier molecular flexibility index (Phi) is 4.57. The molecule has 0 amide bonds. The maximum Gasteiger partial charge on any atom is 0.236 e. The van der Waals surface area contributed by atoms with Crippen LogP contribution in [0.25, 0.3) is 0 Å². The lowest BCUT2D eigenvalue weighted by Crippen LogP contribution is -2.18. The van der Waals surface area contributed by atoms with Crippen LogP contribution in [-0.4, -0.2) is 21.5 Å². The molecule has 23 heavy (non-hydrogen) atoms. The molecule has 122 valence electrons. The average Bonchev–Trinajstić information content (AvgIpc) is 3.00. The Labute approximate surface area is 138 Å². The van der Waals surface area contributed by atoms with E-state index in [1.165, 1.54) is 12.8 Å². The highest BCUT2D eigenvalue weighted by atomic mass is 32.2. The normalized spacial score (nSPS) is 14.9. The molecular formula is C18H22N2O2S. The Bertz CT molecular complexity index is 781. The molecule has 2 aromatic rings. The lowest BCUT2D eigenvalue weighted by atomic mass is 10.2. The summed E-state index contributed by atoms with van der Waals surface area (Å²) in [6, 6.07) is 15.2. The van der Waals surface area contributed by atoms with Crippen molar-refractivity contribution in [1.29, 1.82) is 0 Å². The van der Waals surface area contributed by atoms with Crippen molar-refractivity contribution in [3.8, 4) is 0 Å². The molecule has 1 saturated heterocycles. The Morgan fingerprint density at radius 3 is 2.52 bits per heavy atom. The second-order valence-electron chi connectivity index (χ2n) is 6.09. The molecule has 3 rings (SSSR count). The van der Waals surface area contributed by atoms with Gasteiger partial charge in [0, 0.05) is 18.8 Å². The van der Waals surface area contributed by atoms with Crippen LogP contribution >= 0.6 is 0 Å². The fraction of sp³-hybridized carbons (Fsp3) is 0.333. The van der Waals surface area contributed by atoms with Crippen molar-refractivity contribution in [3.63, 3.8) is 0 Å². The highest BCUT2D eigenvalue weighted by Gasteiger charge is 2.15. The molecule has 2 aromatic carbocycles. The SMILES string of the molecule is Cc1cccc(CS(=O)(=O)Nc2cccc(N3CCCC3)c2)c1. The Hall–Kier alpha value is -2.01. The van der Waals surface area contributed by atoms with Crippen molar-refractivity contribution in [2.24, 2.45) is 0 Å². The molecule has 1 N–H and O–H groups in total. The first-order valence-corrected chi connectivity index (χ1v) is 9.58. The Morgan fingerprint density at radius 1 is 1.04 bits per heavy atom. The Morgan fingerprint density at radius 2 is 1.78 bits per heavy atom.